The molecule has 0 bridgehead atoms. The summed E-state index contributed by atoms with van der Waals surface area (Å²) in [6.45, 7) is 13.4. The molecule has 0 aromatic heterocycles. The smallest absolute Gasteiger partial charge is 0.320 e. The van der Waals surface area contributed by atoms with Crippen molar-refractivity contribution < 1.29 is 19.1 Å². The summed E-state index contributed by atoms with van der Waals surface area (Å²) < 4.78 is 9.79. The summed E-state index contributed by atoms with van der Waals surface area (Å²) in [6.07, 6.45) is 6.46. The molecule has 5 unspecified atom stereocenters. The van der Waals surface area contributed by atoms with Gasteiger partial charge in [0, 0.05) is 0 Å². The Morgan fingerprint density at radius 2 is 1.32 bits per heavy atom. The first-order valence-corrected chi connectivity index (χ1v) is 10.0. The Hall–Kier alpha value is -1.06. The second-order valence-electron chi connectivity index (χ2n) is 7.79. The molecule has 4 heteroatoms. The van der Waals surface area contributed by atoms with Crippen molar-refractivity contribution in [3.05, 3.63) is 0 Å². The Balaban J connectivity index is 4.38. The van der Waals surface area contributed by atoms with E-state index >= 15 is 0 Å². The highest BCUT2D eigenvalue weighted by molar-refractivity contribution is 5.94. The molecular weight excluding hydrogens is 316 g/mol. The number of carbonyl (C=O) groups is 2. The molecule has 0 rings (SSSR count). The number of hydrogen-bond acceptors (Lipinski definition) is 4. The van der Waals surface area contributed by atoms with Crippen LogP contribution in [0.2, 0.25) is 0 Å². The lowest BCUT2D eigenvalue weighted by Crippen LogP contribution is -2.29. The summed E-state index contributed by atoms with van der Waals surface area (Å²) in [7, 11) is 1.32. The molecule has 0 aromatic carbocycles. The Kier molecular flexibility index (Phi) is 12.6. The molecule has 0 aromatic rings. The van der Waals surface area contributed by atoms with Crippen molar-refractivity contribution in [2.75, 3.05) is 13.7 Å². The van der Waals surface area contributed by atoms with E-state index in [0.29, 0.717) is 18.3 Å². The predicted molar refractivity (Wildman–Crippen MR) is 102 cm³/mol. The van der Waals surface area contributed by atoms with Crippen molar-refractivity contribution in [1.82, 2.24) is 0 Å². The first-order valence-electron chi connectivity index (χ1n) is 10.0. The minimum atomic E-state index is -0.793. The van der Waals surface area contributed by atoms with Gasteiger partial charge < -0.3 is 9.47 Å². The number of carbonyl (C=O) groups excluding carboxylic acids is 2. The van der Waals surface area contributed by atoms with Crippen molar-refractivity contribution >= 4 is 11.9 Å². The van der Waals surface area contributed by atoms with Gasteiger partial charge in [-0.2, -0.15) is 0 Å². The summed E-state index contributed by atoms with van der Waals surface area (Å²) in [5.41, 5.74) is 0. The van der Waals surface area contributed by atoms with Crippen LogP contribution in [-0.4, -0.2) is 25.7 Å². The fourth-order valence-electron chi connectivity index (χ4n) is 3.06. The van der Waals surface area contributed by atoms with Crippen LogP contribution in [0.15, 0.2) is 0 Å². The number of hydrogen-bond donors (Lipinski definition) is 0. The van der Waals surface area contributed by atoms with Gasteiger partial charge in [-0.1, -0.05) is 66.7 Å². The van der Waals surface area contributed by atoms with Gasteiger partial charge in [-0.3, -0.25) is 9.59 Å². The van der Waals surface area contributed by atoms with Gasteiger partial charge >= 0.3 is 11.9 Å². The van der Waals surface area contributed by atoms with Gasteiger partial charge in [-0.15, -0.1) is 0 Å². The Morgan fingerprint density at radius 1 is 0.800 bits per heavy atom. The van der Waals surface area contributed by atoms with Crippen molar-refractivity contribution in [2.45, 2.75) is 80.1 Å². The minimum Gasteiger partial charge on any atom is -0.468 e. The molecule has 4 nitrogen and oxygen atoms in total. The standard InChI is InChI=1S/C21H40O4/c1-8-15(3)10-12-17(5)18(6)13-11-16(4)14-19(20(22)24-7)21(23)25-9-2/h15-19H,8-14H2,1-7H3. The van der Waals surface area contributed by atoms with Crippen LogP contribution in [0.25, 0.3) is 0 Å². The van der Waals surface area contributed by atoms with Gasteiger partial charge in [0.1, 0.15) is 0 Å². The van der Waals surface area contributed by atoms with Crippen LogP contribution in [0.3, 0.4) is 0 Å². The zero-order valence-electron chi connectivity index (χ0n) is 17.5. The van der Waals surface area contributed by atoms with E-state index < -0.39 is 17.9 Å². The maximum Gasteiger partial charge on any atom is 0.320 e. The minimum absolute atomic E-state index is 0.283. The molecule has 0 saturated carbocycles. The summed E-state index contributed by atoms with van der Waals surface area (Å²) in [5.74, 6) is 0.722. The second-order valence-corrected chi connectivity index (χ2v) is 7.79. The fourth-order valence-corrected chi connectivity index (χ4v) is 3.06. The van der Waals surface area contributed by atoms with Crippen molar-refractivity contribution in [3.63, 3.8) is 0 Å². The molecule has 0 aliphatic heterocycles. The Bertz CT molecular complexity index is 380. The molecule has 0 N–H and O–H groups in total. The summed E-state index contributed by atoms with van der Waals surface area (Å²) in [5, 5.41) is 0. The average Bonchev–Trinajstić information content (AvgIpc) is 2.60. The van der Waals surface area contributed by atoms with E-state index in [9.17, 15) is 9.59 Å². The van der Waals surface area contributed by atoms with Crippen molar-refractivity contribution in [3.8, 4) is 0 Å². The third-order valence-corrected chi connectivity index (χ3v) is 5.59. The predicted octanol–water partition coefficient (Wildman–Crippen LogP) is 5.24. The lowest BCUT2D eigenvalue weighted by molar-refractivity contribution is -0.161. The SMILES string of the molecule is CCOC(=O)C(CC(C)CCC(C)C(C)CCC(C)CC)C(=O)OC. The maximum absolute atomic E-state index is 12.0. The van der Waals surface area contributed by atoms with E-state index in [1.165, 1.54) is 26.4 Å². The van der Waals surface area contributed by atoms with Crippen LogP contribution in [0.1, 0.15) is 80.1 Å². The number of esters is 2. The molecule has 0 spiro atoms. The van der Waals surface area contributed by atoms with Crippen molar-refractivity contribution in [2.24, 2.45) is 29.6 Å². The van der Waals surface area contributed by atoms with E-state index in [2.05, 4.69) is 34.6 Å². The number of ether oxygens (including phenoxy) is 2. The van der Waals surface area contributed by atoms with E-state index in [1.54, 1.807) is 6.92 Å². The van der Waals surface area contributed by atoms with Gasteiger partial charge in [-0.05, 0) is 37.0 Å². The summed E-state index contributed by atoms with van der Waals surface area (Å²) >= 11 is 0. The van der Waals surface area contributed by atoms with Gasteiger partial charge in [0.25, 0.3) is 0 Å². The first kappa shape index (κ1) is 23.9. The maximum atomic E-state index is 12.0. The van der Waals surface area contributed by atoms with Crippen LogP contribution >= 0.6 is 0 Å². The molecular formula is C21H40O4. The highest BCUT2D eigenvalue weighted by atomic mass is 16.5. The highest BCUT2D eigenvalue weighted by Gasteiger charge is 2.30. The average molecular weight is 357 g/mol. The van der Waals surface area contributed by atoms with Gasteiger partial charge in [0.2, 0.25) is 0 Å². The quantitative estimate of drug-likeness (QED) is 0.334. The molecule has 0 radical (unpaired) electrons. The molecule has 0 fully saturated rings. The van der Waals surface area contributed by atoms with E-state index in [1.807, 2.05) is 0 Å². The second kappa shape index (κ2) is 13.2. The molecule has 0 aliphatic rings. The molecule has 0 saturated heterocycles. The Morgan fingerprint density at radius 3 is 1.76 bits per heavy atom. The van der Waals surface area contributed by atoms with E-state index in [4.69, 9.17) is 9.47 Å². The molecule has 0 aliphatic carbocycles. The zero-order valence-corrected chi connectivity index (χ0v) is 17.5. The van der Waals surface area contributed by atoms with E-state index in [-0.39, 0.29) is 12.5 Å². The molecule has 0 amide bonds. The monoisotopic (exact) mass is 356 g/mol. The van der Waals surface area contributed by atoms with Gasteiger partial charge in [0.15, 0.2) is 5.92 Å². The molecule has 25 heavy (non-hydrogen) atoms. The third-order valence-electron chi connectivity index (χ3n) is 5.59. The van der Waals surface area contributed by atoms with Crippen LogP contribution < -0.4 is 0 Å². The number of rotatable bonds is 13. The van der Waals surface area contributed by atoms with Crippen LogP contribution in [0.5, 0.6) is 0 Å². The van der Waals surface area contributed by atoms with Crippen LogP contribution in [0.4, 0.5) is 0 Å². The topological polar surface area (TPSA) is 52.6 Å². The highest BCUT2D eigenvalue weighted by Crippen LogP contribution is 2.28. The molecule has 0 heterocycles. The van der Waals surface area contributed by atoms with Crippen molar-refractivity contribution in [1.29, 1.82) is 0 Å². The van der Waals surface area contributed by atoms with E-state index in [0.717, 1.165) is 18.8 Å². The molecule has 5 atom stereocenters. The molecule has 148 valence electrons. The van der Waals surface area contributed by atoms with Gasteiger partial charge in [-0.25, -0.2) is 0 Å². The third kappa shape index (κ3) is 9.86. The summed E-state index contributed by atoms with van der Waals surface area (Å²) in [4.78, 5) is 23.8. The van der Waals surface area contributed by atoms with Crippen LogP contribution in [0, 0.1) is 29.6 Å². The zero-order chi connectivity index (χ0) is 19.4. The lowest BCUT2D eigenvalue weighted by atomic mass is 9.83. The Labute approximate surface area is 155 Å². The normalized spacial score (nSPS) is 17.2. The lowest BCUT2D eigenvalue weighted by Gasteiger charge is -2.23. The first-order chi connectivity index (χ1) is 11.8. The van der Waals surface area contributed by atoms with Gasteiger partial charge in [0.05, 0.1) is 13.7 Å². The fraction of sp³-hybridized carbons (Fsp3) is 0.905. The largest absolute Gasteiger partial charge is 0.468 e. The van der Waals surface area contributed by atoms with Crippen LogP contribution in [-0.2, 0) is 19.1 Å². The number of methoxy groups -OCH3 is 1. The summed E-state index contributed by atoms with van der Waals surface area (Å²) in [6, 6.07) is 0.